The lowest BCUT2D eigenvalue weighted by Gasteiger charge is -2.14. The summed E-state index contributed by atoms with van der Waals surface area (Å²) < 4.78 is 9.04. The number of carbonyl (C=O) groups is 2. The normalized spacial score (nSPS) is 9.09. The molecule has 40 heteroatoms. The Kier molecular flexibility index (Phi) is 54.7. The first kappa shape index (κ1) is 110. The molecule has 0 unspecified atom stereocenters. The molecule has 3 radical (unpaired) electrons. The van der Waals surface area contributed by atoms with Gasteiger partial charge in [0.2, 0.25) is 23.7 Å². The van der Waals surface area contributed by atoms with Gasteiger partial charge in [0.1, 0.15) is 27.7 Å². The predicted molar refractivity (Wildman–Crippen MR) is 491 cm³/mol. The third-order valence-corrected chi connectivity index (χ3v) is 14.8. The number of ether oxygens (including phenoxy) is 2. The summed E-state index contributed by atoms with van der Waals surface area (Å²) in [5.74, 6) is -0.0744. The van der Waals surface area contributed by atoms with Gasteiger partial charge in [-0.2, -0.15) is 52.1 Å². The second kappa shape index (κ2) is 61.5. The molecule has 33 nitrogen and oxygen atoms in total. The molecule has 18 N–H and O–H groups in total. The lowest BCUT2D eigenvalue weighted by molar-refractivity contribution is -0.153. The molecular formula is C84H85B2Cl5N25O8. The number of nitrogens with zero attached hydrogens (tertiary/aromatic N) is 15. The van der Waals surface area contributed by atoms with Crippen LogP contribution < -0.4 is 61.0 Å². The van der Waals surface area contributed by atoms with Crippen molar-refractivity contribution in [3.63, 3.8) is 0 Å². The number of carbonyl (C=O) groups excluding carboxylic acids is 2. The van der Waals surface area contributed by atoms with Gasteiger partial charge in [-0.25, -0.2) is 19.9 Å². The maximum absolute atomic E-state index is 11.1. The molecule has 0 saturated carbocycles. The van der Waals surface area contributed by atoms with E-state index in [1.165, 1.54) is 30.6 Å². The number of H-pyrrole nitrogens is 1. The molecule has 0 aliphatic carbocycles. The molecule has 7 aromatic carbocycles. The fourth-order valence-electron chi connectivity index (χ4n) is 8.94. The van der Waals surface area contributed by atoms with E-state index in [0.29, 0.717) is 73.2 Å². The highest BCUT2D eigenvalue weighted by Crippen LogP contribution is 2.29. The van der Waals surface area contributed by atoms with E-state index in [1.807, 2.05) is 88.4 Å². The summed E-state index contributed by atoms with van der Waals surface area (Å²) in [6.45, 7) is 11.8. The van der Waals surface area contributed by atoms with Crippen molar-refractivity contribution in [2.24, 2.45) is 22.2 Å². The molecule has 4 heterocycles. The van der Waals surface area contributed by atoms with Crippen LogP contribution in [0, 0.1) is 118 Å². The summed E-state index contributed by atoms with van der Waals surface area (Å²) in [6, 6.07) is 63.2. The minimum absolute atomic E-state index is 0. The summed E-state index contributed by atoms with van der Waals surface area (Å²) in [5.41, 5.74) is 39.9. The van der Waals surface area contributed by atoms with Crippen LogP contribution in [0.4, 0.5) is 63.5 Å². The number of nitrogens with one attached hydrogen (secondary N) is 5. The molecule has 0 aliphatic rings. The largest absolute Gasteiger partial charge is 0.493 e. The molecule has 635 valence electrons. The van der Waals surface area contributed by atoms with Crippen molar-refractivity contribution < 1.29 is 35.6 Å². The zero-order valence-electron chi connectivity index (χ0n) is 66.4. The Balaban J connectivity index is -0.00000139. The Bertz CT molecular complexity index is 5640. The molecule has 0 saturated heterocycles. The van der Waals surface area contributed by atoms with Crippen LogP contribution in [0.25, 0.3) is 12.2 Å². The van der Waals surface area contributed by atoms with Gasteiger partial charge in [-0.05, 0) is 239 Å². The summed E-state index contributed by atoms with van der Waals surface area (Å²) in [5, 5.41) is 106. The van der Waals surface area contributed by atoms with Crippen molar-refractivity contribution in [2.75, 3.05) is 45.9 Å². The number of nitrogen functional groups attached to an aromatic ring is 2. The van der Waals surface area contributed by atoms with Gasteiger partial charge >= 0.3 is 19.1 Å². The van der Waals surface area contributed by atoms with E-state index < -0.39 is 24.6 Å². The van der Waals surface area contributed by atoms with Gasteiger partial charge in [-0.1, -0.05) is 48.3 Å². The standard InChI is InChI=1S/C22H17ClN6.C11H6Cl2N4.C11H8N4O2.C11H12N2.C8H8N4.C7H6N2.C7H12O4.C5H6BNO2.CH2N2.CH4.B.2ClH.H2/c1-14-10-17(4-3-9-24)11-15(2)21(14)28-20-12-19(23)27-22(29-20)26-18-7-5-16(13-25)6-8-18;12-9-5-10(13)17-11(16-9)15-8-3-1-7(6-14)2-4-8;12-6-7-1-3-8(4-2-7)13-11-14-9(16)5-10(17)15-11;1-8-6-10(4-3-5-12)7-9(2)11(8)13;9-5-6-1-3-7(4-2-6)12-8(10)11;8-5-6-1-3-7(9)4-2-6;1-3-10-6(8)5-7(9)11-4-2;8-6(9)5-2-1-3-7-4-5;2-1-3;;;;;/h3-8,10-12H,1-2H3,(H2,26,27,28,29);1-5H,(H,15,16,17);1-5H,(H3,13,14,15,16,17);3-4,6-7H,13H2,1-2H3;1-4H,(H4,10,11,12);1-4H,9H2;3-5H2,1-2H3;1-4,8-9H;2H2;1H4;;3*1H/b4-3+;;;4-3+;;;;;;;;;;/i;;;;;;;;;;;;;1+1. The molecule has 124 heavy (non-hydrogen) atoms. The molecular weight excluding hydrogens is 1690 g/mol. The summed E-state index contributed by atoms with van der Waals surface area (Å²) >= 11 is 17.7. The smallest absolute Gasteiger partial charge is 0.490 e. The van der Waals surface area contributed by atoms with Gasteiger partial charge in [0.15, 0.2) is 12.2 Å². The highest BCUT2D eigenvalue weighted by atomic mass is 35.5. The number of aliphatic imine (C=N–C) groups is 1. The monoisotopic (exact) mass is 1770 g/mol. The first-order valence-electron chi connectivity index (χ1n) is 34.7. The highest BCUT2D eigenvalue weighted by molar-refractivity contribution is 6.58. The quantitative estimate of drug-likeness (QED) is 0.00408. The van der Waals surface area contributed by atoms with Crippen LogP contribution in [-0.4, -0.2) is 96.7 Å². The van der Waals surface area contributed by atoms with Gasteiger partial charge in [-0.15, -0.1) is 24.8 Å². The number of aryl methyl sites for hydroxylation is 4. The highest BCUT2D eigenvalue weighted by Gasteiger charge is 2.13. The number of hydrogen-bond acceptors (Lipinski definition) is 30. The van der Waals surface area contributed by atoms with E-state index in [-0.39, 0.29) is 89.8 Å². The minimum atomic E-state index is -1.40. The summed E-state index contributed by atoms with van der Waals surface area (Å²) in [6.07, 6.45) is 10.4. The Labute approximate surface area is 747 Å². The second-order valence-corrected chi connectivity index (χ2v) is 24.4. The van der Waals surface area contributed by atoms with Gasteiger partial charge in [0.05, 0.1) is 95.3 Å². The third-order valence-electron chi connectivity index (χ3n) is 14.2. The number of aromatic amines is 1. The van der Waals surface area contributed by atoms with Crippen molar-refractivity contribution in [3.05, 3.63) is 287 Å². The Morgan fingerprint density at radius 2 is 0.935 bits per heavy atom. The number of esters is 2. The van der Waals surface area contributed by atoms with Crippen molar-refractivity contribution in [2.45, 2.75) is 55.4 Å². The number of nitrogens with two attached hydrogens (primary N) is 5. The molecule has 11 rings (SSSR count). The van der Waals surface area contributed by atoms with Crippen molar-refractivity contribution >= 4 is 174 Å². The Hall–Kier alpha value is -15.8. The molecule has 0 fully saturated rings. The average molecular weight is 1770 g/mol. The first-order chi connectivity index (χ1) is 57.4. The van der Waals surface area contributed by atoms with E-state index in [1.54, 1.807) is 172 Å². The van der Waals surface area contributed by atoms with Crippen molar-refractivity contribution in [1.29, 1.82) is 42.1 Å². The van der Waals surface area contributed by atoms with E-state index in [0.717, 1.165) is 62.2 Å². The number of anilines is 10. The predicted octanol–water partition coefficient (Wildman–Crippen LogP) is 14.2. The van der Waals surface area contributed by atoms with Gasteiger partial charge in [-0.3, -0.25) is 24.4 Å². The molecule has 0 aliphatic heterocycles. The van der Waals surface area contributed by atoms with Gasteiger partial charge in [0.25, 0.3) is 5.56 Å². The van der Waals surface area contributed by atoms with Crippen LogP contribution in [-0.2, 0) is 19.1 Å². The lowest BCUT2D eigenvalue weighted by Crippen LogP contribution is -2.29. The van der Waals surface area contributed by atoms with Crippen LogP contribution in [0.5, 0.6) is 5.88 Å². The average Bonchev–Trinajstić information content (AvgIpc) is 0.822. The van der Waals surface area contributed by atoms with Crippen molar-refractivity contribution in [1.82, 2.24) is 34.9 Å². The minimum Gasteiger partial charge on any atom is -0.493 e. The van der Waals surface area contributed by atoms with Crippen LogP contribution >= 0.6 is 59.6 Å². The topological polar surface area (TPSA) is 604 Å². The number of aromatic hydroxyl groups is 1. The molecule has 4 aromatic heterocycles. The molecule has 0 amide bonds. The van der Waals surface area contributed by atoms with E-state index in [4.69, 9.17) is 115 Å². The number of guanidine groups is 1. The fraction of sp³-hybridized carbons (Fsp3) is 0.119. The number of pyridine rings is 1. The Morgan fingerprint density at radius 1 is 0.556 bits per heavy atom. The van der Waals surface area contributed by atoms with Gasteiger partial charge < -0.3 is 74.6 Å². The zero-order valence-corrected chi connectivity index (χ0v) is 70.3. The first-order valence-corrected chi connectivity index (χ1v) is 35.8. The number of aromatic nitrogens is 7. The fourth-order valence-corrected chi connectivity index (χ4v) is 9.55. The molecule has 0 spiro atoms. The van der Waals surface area contributed by atoms with Crippen LogP contribution in [0.3, 0.4) is 0 Å². The zero-order chi connectivity index (χ0) is 88.9. The van der Waals surface area contributed by atoms with E-state index >= 15 is 0 Å². The number of nitriles is 8. The van der Waals surface area contributed by atoms with Gasteiger partial charge in [0, 0.05) is 86.1 Å². The van der Waals surface area contributed by atoms with Crippen LogP contribution in [0.15, 0.2) is 210 Å². The maximum Gasteiger partial charge on any atom is 0.490 e. The Morgan fingerprint density at radius 3 is 1.29 bits per heavy atom. The number of benzene rings is 7. The van der Waals surface area contributed by atoms with E-state index in [2.05, 4.69) is 82.4 Å². The SMILES string of the molecule is C.CCOC(=O)CC(=O)OCC.Cc1cc(/C=C/C#N)cc(C)c1N.Cc1cc(/C=C/C#N)cc(C)c1Nc1cc(Cl)nc(Nc2ccc(C#N)cc2)n1.Cl.Cl.N#CN.N#Cc1ccc(N)cc1.N#Cc1ccc(N=C(N)N)cc1.N#Cc1ccc(Nc2nc(Cl)cc(Cl)n2)cc1.N#Cc1ccc(Nc2nc(O)cc(=O)[nH]2)cc1.OB(O)c1cccnc1.[2HH].[B]. The number of halogens is 5. The maximum atomic E-state index is 11.1. The third kappa shape index (κ3) is 44.7. The number of allylic oxidation sites excluding steroid dienone is 2. The number of rotatable bonds is 16. The number of hydrogen-bond donors (Lipinski definition) is 13. The van der Waals surface area contributed by atoms with Crippen LogP contribution in [0.1, 0.15) is 90.3 Å². The molecule has 0 atom stereocenters. The molecule has 11 aromatic rings. The van der Waals surface area contributed by atoms with Crippen LogP contribution in [0.2, 0.25) is 15.5 Å². The second-order valence-electron chi connectivity index (χ2n) is 23.3. The summed E-state index contributed by atoms with van der Waals surface area (Å²) in [4.78, 5) is 62.5. The van der Waals surface area contributed by atoms with E-state index in [9.17, 15) is 14.4 Å². The molecule has 0 bridgehead atoms. The van der Waals surface area contributed by atoms with Crippen molar-refractivity contribution in [3.8, 4) is 54.6 Å². The lowest BCUT2D eigenvalue weighted by atomic mass is 9.82. The summed E-state index contributed by atoms with van der Waals surface area (Å²) in [7, 11) is -1.40.